The molecule has 2 aromatic rings. The zero-order valence-corrected chi connectivity index (χ0v) is 9.89. The number of carbonyl (C=O) groups is 1. The van der Waals surface area contributed by atoms with E-state index < -0.39 is 10.9 Å². The summed E-state index contributed by atoms with van der Waals surface area (Å²) >= 11 is 0. The number of imidazole rings is 1. The lowest BCUT2D eigenvalue weighted by atomic mass is 10.1. The molecule has 0 spiro atoms. The number of nitro groups is 1. The molecule has 0 aliphatic heterocycles. The number of benzene rings is 1. The molecule has 0 aliphatic rings. The summed E-state index contributed by atoms with van der Waals surface area (Å²) in [5, 5.41) is 19.3. The average molecular weight is 261 g/mol. The molecular formula is C12H11N3O4. The highest BCUT2D eigenvalue weighted by Crippen LogP contribution is 2.14. The number of nitrogens with zero attached hydrogens (tertiary/aromatic N) is 3. The molecule has 1 aromatic heterocycles. The van der Waals surface area contributed by atoms with Crippen LogP contribution in [-0.4, -0.2) is 25.6 Å². The molecule has 19 heavy (non-hydrogen) atoms. The fourth-order valence-electron chi connectivity index (χ4n) is 1.72. The highest BCUT2D eigenvalue weighted by Gasteiger charge is 2.09. The van der Waals surface area contributed by atoms with Crippen molar-refractivity contribution in [3.05, 3.63) is 58.2 Å². The molecule has 0 saturated carbocycles. The highest BCUT2D eigenvalue weighted by molar-refractivity contribution is 5.66. The van der Waals surface area contributed by atoms with Crippen LogP contribution in [-0.2, 0) is 17.8 Å². The molecule has 0 fully saturated rings. The van der Waals surface area contributed by atoms with E-state index in [0.29, 0.717) is 12.2 Å². The van der Waals surface area contributed by atoms with Gasteiger partial charge < -0.3 is 9.67 Å². The van der Waals surface area contributed by atoms with Crippen LogP contribution in [0, 0.1) is 10.1 Å². The first-order valence-corrected chi connectivity index (χ1v) is 5.51. The van der Waals surface area contributed by atoms with Crippen molar-refractivity contribution in [1.29, 1.82) is 0 Å². The van der Waals surface area contributed by atoms with Crippen LogP contribution in [0.2, 0.25) is 0 Å². The minimum absolute atomic E-state index is 0.0256. The Hall–Kier alpha value is -2.70. The van der Waals surface area contributed by atoms with Gasteiger partial charge in [0.05, 0.1) is 4.92 Å². The normalized spacial score (nSPS) is 10.3. The first kappa shape index (κ1) is 12.7. The second-order valence-corrected chi connectivity index (χ2v) is 3.97. The van der Waals surface area contributed by atoms with Crippen molar-refractivity contribution in [2.45, 2.75) is 13.0 Å². The summed E-state index contributed by atoms with van der Waals surface area (Å²) in [6.07, 6.45) is 3.55. The van der Waals surface area contributed by atoms with Gasteiger partial charge in [0.1, 0.15) is 12.4 Å². The van der Waals surface area contributed by atoms with E-state index in [1.54, 1.807) is 18.3 Å². The van der Waals surface area contributed by atoms with E-state index in [1.807, 2.05) is 0 Å². The Morgan fingerprint density at radius 1 is 1.37 bits per heavy atom. The smallest absolute Gasteiger partial charge is 0.323 e. The highest BCUT2D eigenvalue weighted by atomic mass is 16.6. The fourth-order valence-corrected chi connectivity index (χ4v) is 1.72. The summed E-state index contributed by atoms with van der Waals surface area (Å²) in [5.74, 6) is -0.334. The summed E-state index contributed by atoms with van der Waals surface area (Å²) in [6, 6.07) is 6.11. The molecular weight excluding hydrogens is 250 g/mol. The van der Waals surface area contributed by atoms with Crippen molar-refractivity contribution < 1.29 is 14.8 Å². The van der Waals surface area contributed by atoms with Gasteiger partial charge in [0.15, 0.2) is 0 Å². The molecule has 0 saturated heterocycles. The van der Waals surface area contributed by atoms with Crippen molar-refractivity contribution in [3.63, 3.8) is 0 Å². The number of aliphatic carboxylic acids is 1. The van der Waals surface area contributed by atoms with Gasteiger partial charge in [0.2, 0.25) is 0 Å². The van der Waals surface area contributed by atoms with Crippen LogP contribution in [0.3, 0.4) is 0 Å². The van der Waals surface area contributed by atoms with E-state index in [0.717, 1.165) is 5.56 Å². The van der Waals surface area contributed by atoms with Gasteiger partial charge in [-0.1, -0.05) is 12.1 Å². The predicted octanol–water partition coefficient (Wildman–Crippen LogP) is 1.47. The molecule has 0 bridgehead atoms. The monoisotopic (exact) mass is 261 g/mol. The van der Waals surface area contributed by atoms with Gasteiger partial charge in [-0.25, -0.2) is 4.98 Å². The summed E-state index contributed by atoms with van der Waals surface area (Å²) in [4.78, 5) is 24.8. The lowest BCUT2D eigenvalue weighted by molar-refractivity contribution is -0.384. The predicted molar refractivity (Wildman–Crippen MR) is 65.8 cm³/mol. The number of carboxylic acid groups (broad SMARTS) is 1. The summed E-state index contributed by atoms with van der Waals surface area (Å²) < 4.78 is 1.53. The molecule has 0 aliphatic carbocycles. The first-order chi connectivity index (χ1) is 9.06. The van der Waals surface area contributed by atoms with Gasteiger partial charge in [-0.3, -0.25) is 14.9 Å². The number of hydrogen-bond donors (Lipinski definition) is 1. The maximum Gasteiger partial charge on any atom is 0.323 e. The number of rotatable bonds is 5. The van der Waals surface area contributed by atoms with E-state index in [1.165, 1.54) is 22.9 Å². The Morgan fingerprint density at radius 2 is 2.05 bits per heavy atom. The fraction of sp³-hybridized carbons (Fsp3) is 0.167. The van der Waals surface area contributed by atoms with E-state index >= 15 is 0 Å². The second kappa shape index (κ2) is 5.30. The number of non-ortho nitro benzene ring substituents is 1. The van der Waals surface area contributed by atoms with Crippen molar-refractivity contribution in [2.75, 3.05) is 0 Å². The number of nitro benzene ring substituents is 1. The van der Waals surface area contributed by atoms with Crippen LogP contribution >= 0.6 is 0 Å². The quantitative estimate of drug-likeness (QED) is 0.649. The number of hydrogen-bond acceptors (Lipinski definition) is 4. The Balaban J connectivity index is 2.15. The van der Waals surface area contributed by atoms with Gasteiger partial charge >= 0.3 is 5.97 Å². The molecule has 1 heterocycles. The van der Waals surface area contributed by atoms with E-state index in [-0.39, 0.29) is 12.2 Å². The number of carboxylic acids is 1. The average Bonchev–Trinajstić information content (AvgIpc) is 2.76. The van der Waals surface area contributed by atoms with Crippen LogP contribution in [0.1, 0.15) is 11.4 Å². The van der Waals surface area contributed by atoms with E-state index in [2.05, 4.69) is 4.98 Å². The van der Waals surface area contributed by atoms with E-state index in [4.69, 9.17) is 5.11 Å². The second-order valence-electron chi connectivity index (χ2n) is 3.97. The maximum absolute atomic E-state index is 10.7. The van der Waals surface area contributed by atoms with Gasteiger partial charge in [-0.2, -0.15) is 0 Å². The third-order valence-corrected chi connectivity index (χ3v) is 2.62. The van der Waals surface area contributed by atoms with Gasteiger partial charge in [-0.05, 0) is 5.56 Å². The molecule has 1 N–H and O–H groups in total. The van der Waals surface area contributed by atoms with Crippen LogP contribution in [0.4, 0.5) is 5.69 Å². The van der Waals surface area contributed by atoms with Crippen LogP contribution in [0.25, 0.3) is 0 Å². The first-order valence-electron chi connectivity index (χ1n) is 5.51. The summed E-state index contributed by atoms with van der Waals surface area (Å²) in [5.41, 5.74) is 0.862. The SMILES string of the molecule is O=C(O)Cn1ccnc1Cc1ccc([N+](=O)[O-])cc1. The Morgan fingerprint density at radius 3 is 2.63 bits per heavy atom. The van der Waals surface area contributed by atoms with Crippen molar-refractivity contribution in [3.8, 4) is 0 Å². The molecule has 7 nitrogen and oxygen atoms in total. The van der Waals surface area contributed by atoms with Crippen molar-refractivity contribution >= 4 is 11.7 Å². The minimum Gasteiger partial charge on any atom is -0.480 e. The van der Waals surface area contributed by atoms with E-state index in [9.17, 15) is 14.9 Å². The maximum atomic E-state index is 10.7. The van der Waals surface area contributed by atoms with Gasteiger partial charge in [-0.15, -0.1) is 0 Å². The van der Waals surface area contributed by atoms with Gasteiger partial charge in [0.25, 0.3) is 5.69 Å². The Labute approximate surface area is 108 Å². The zero-order chi connectivity index (χ0) is 13.8. The Kier molecular flexibility index (Phi) is 3.56. The van der Waals surface area contributed by atoms with Crippen molar-refractivity contribution in [2.24, 2.45) is 0 Å². The molecule has 1 aromatic carbocycles. The lowest BCUT2D eigenvalue weighted by Gasteiger charge is -2.05. The third-order valence-electron chi connectivity index (χ3n) is 2.62. The van der Waals surface area contributed by atoms with Gasteiger partial charge in [0, 0.05) is 30.9 Å². The molecule has 0 unspecified atom stereocenters. The van der Waals surface area contributed by atoms with Crippen LogP contribution in [0.5, 0.6) is 0 Å². The molecule has 0 amide bonds. The molecule has 0 atom stereocenters. The zero-order valence-electron chi connectivity index (χ0n) is 9.89. The molecule has 0 radical (unpaired) electrons. The largest absolute Gasteiger partial charge is 0.480 e. The lowest BCUT2D eigenvalue weighted by Crippen LogP contribution is -2.11. The molecule has 2 rings (SSSR count). The van der Waals surface area contributed by atoms with Crippen LogP contribution in [0.15, 0.2) is 36.7 Å². The number of aromatic nitrogens is 2. The molecule has 7 heteroatoms. The summed E-state index contributed by atoms with van der Waals surface area (Å²) in [7, 11) is 0. The standard InChI is InChI=1S/C12H11N3O4/c16-12(17)8-14-6-5-13-11(14)7-9-1-3-10(4-2-9)15(18)19/h1-6H,7-8H2,(H,16,17). The molecule has 98 valence electrons. The topological polar surface area (TPSA) is 98.3 Å². The Bertz CT molecular complexity index is 604. The third kappa shape index (κ3) is 3.15. The van der Waals surface area contributed by atoms with Crippen molar-refractivity contribution in [1.82, 2.24) is 9.55 Å². The summed E-state index contributed by atoms with van der Waals surface area (Å²) in [6.45, 7) is -0.150. The minimum atomic E-state index is -0.942. The van der Waals surface area contributed by atoms with Crippen LogP contribution < -0.4 is 0 Å².